The number of benzene rings is 1. The van der Waals surface area contributed by atoms with E-state index < -0.39 is 0 Å². The van der Waals surface area contributed by atoms with Gasteiger partial charge in [-0.15, -0.1) is 11.8 Å². The molecule has 1 rings (SSSR count). The second kappa shape index (κ2) is 6.88. The maximum atomic E-state index is 9.26. The highest BCUT2D eigenvalue weighted by Gasteiger charge is 2.08. The molecule has 0 heterocycles. The largest absolute Gasteiger partial charge is 0.394 e. The Morgan fingerprint density at radius 1 is 1.33 bits per heavy atom. The highest BCUT2D eigenvalue weighted by Crippen LogP contribution is 2.18. The van der Waals surface area contributed by atoms with E-state index in [0.717, 1.165) is 18.5 Å². The Labute approximate surface area is 96.1 Å². The molecule has 0 fully saturated rings. The molecule has 1 aromatic rings. The van der Waals surface area contributed by atoms with E-state index in [9.17, 15) is 5.11 Å². The fourth-order valence-corrected chi connectivity index (χ4v) is 1.85. The summed E-state index contributed by atoms with van der Waals surface area (Å²) in [6, 6.07) is 8.41. The van der Waals surface area contributed by atoms with Crippen molar-refractivity contribution >= 4 is 11.8 Å². The molecule has 2 nitrogen and oxygen atoms in total. The highest BCUT2D eigenvalue weighted by molar-refractivity contribution is 7.98. The molecule has 0 bridgehead atoms. The van der Waals surface area contributed by atoms with Crippen LogP contribution in [0.2, 0.25) is 0 Å². The van der Waals surface area contributed by atoms with Gasteiger partial charge in [0, 0.05) is 4.90 Å². The summed E-state index contributed by atoms with van der Waals surface area (Å²) >= 11 is 1.73. The Balaban J connectivity index is 2.65. The number of hydrogen-bond acceptors (Lipinski definition) is 3. The van der Waals surface area contributed by atoms with Crippen molar-refractivity contribution in [3.8, 4) is 0 Å². The molecular weight excluding hydrogens is 206 g/mol. The van der Waals surface area contributed by atoms with E-state index in [1.54, 1.807) is 11.8 Å². The van der Waals surface area contributed by atoms with Crippen molar-refractivity contribution in [2.24, 2.45) is 0 Å². The number of rotatable bonds is 6. The standard InChI is InChI=1S/C12H19NOS/c1-3-8-13-12(9-14)10-4-6-11(15-2)7-5-10/h4-7,12-14H,3,8-9H2,1-2H3. The van der Waals surface area contributed by atoms with Gasteiger partial charge in [0.15, 0.2) is 0 Å². The summed E-state index contributed by atoms with van der Waals surface area (Å²) in [7, 11) is 0. The number of hydrogen-bond donors (Lipinski definition) is 2. The van der Waals surface area contributed by atoms with E-state index in [2.05, 4.69) is 42.8 Å². The van der Waals surface area contributed by atoms with Crippen LogP contribution in [0.25, 0.3) is 0 Å². The maximum absolute atomic E-state index is 9.26. The molecule has 1 aromatic carbocycles. The van der Waals surface area contributed by atoms with Crippen LogP contribution in [0.4, 0.5) is 0 Å². The van der Waals surface area contributed by atoms with Crippen LogP contribution in [-0.4, -0.2) is 24.5 Å². The Morgan fingerprint density at radius 3 is 2.47 bits per heavy atom. The summed E-state index contributed by atoms with van der Waals surface area (Å²) in [5, 5.41) is 12.6. The van der Waals surface area contributed by atoms with Crippen molar-refractivity contribution in [1.29, 1.82) is 0 Å². The van der Waals surface area contributed by atoms with E-state index in [0.29, 0.717) is 0 Å². The van der Waals surface area contributed by atoms with Gasteiger partial charge in [-0.3, -0.25) is 0 Å². The summed E-state index contributed by atoms with van der Waals surface area (Å²) in [4.78, 5) is 1.26. The van der Waals surface area contributed by atoms with Crippen molar-refractivity contribution in [3.63, 3.8) is 0 Å². The van der Waals surface area contributed by atoms with Gasteiger partial charge in [0.25, 0.3) is 0 Å². The predicted octanol–water partition coefficient (Wildman–Crippen LogP) is 2.44. The van der Waals surface area contributed by atoms with Crippen molar-refractivity contribution in [2.45, 2.75) is 24.3 Å². The number of aliphatic hydroxyl groups is 1. The molecule has 0 aliphatic rings. The first-order valence-corrected chi connectivity index (χ1v) is 6.52. The Bertz CT molecular complexity index is 273. The zero-order valence-corrected chi connectivity index (χ0v) is 10.2. The van der Waals surface area contributed by atoms with Crippen LogP contribution in [-0.2, 0) is 0 Å². The summed E-state index contributed by atoms with van der Waals surface area (Å²) in [6.07, 6.45) is 3.15. The molecule has 0 spiro atoms. The van der Waals surface area contributed by atoms with Gasteiger partial charge in [0.1, 0.15) is 0 Å². The molecule has 0 saturated heterocycles. The summed E-state index contributed by atoms with van der Waals surface area (Å²) in [6.45, 7) is 3.21. The lowest BCUT2D eigenvalue weighted by Crippen LogP contribution is -2.24. The Hall–Kier alpha value is -0.510. The molecule has 0 saturated carbocycles. The fraction of sp³-hybridized carbons (Fsp3) is 0.500. The lowest BCUT2D eigenvalue weighted by atomic mass is 10.1. The van der Waals surface area contributed by atoms with Gasteiger partial charge in [-0.25, -0.2) is 0 Å². The molecular formula is C12H19NOS. The molecule has 0 radical (unpaired) electrons. The van der Waals surface area contributed by atoms with Crippen LogP contribution in [0.1, 0.15) is 24.9 Å². The summed E-state index contributed by atoms with van der Waals surface area (Å²) in [5.41, 5.74) is 1.16. The zero-order chi connectivity index (χ0) is 11.1. The SMILES string of the molecule is CCCNC(CO)c1ccc(SC)cc1. The highest BCUT2D eigenvalue weighted by atomic mass is 32.2. The first-order chi connectivity index (χ1) is 7.31. The Kier molecular flexibility index (Phi) is 5.76. The molecule has 0 aliphatic carbocycles. The second-order valence-corrected chi connectivity index (χ2v) is 4.34. The first kappa shape index (κ1) is 12.6. The van der Waals surface area contributed by atoms with E-state index >= 15 is 0 Å². The molecule has 84 valence electrons. The van der Waals surface area contributed by atoms with E-state index in [-0.39, 0.29) is 12.6 Å². The third-order valence-electron chi connectivity index (χ3n) is 2.34. The number of aliphatic hydroxyl groups excluding tert-OH is 1. The lowest BCUT2D eigenvalue weighted by molar-refractivity contribution is 0.245. The monoisotopic (exact) mass is 225 g/mol. The van der Waals surface area contributed by atoms with Gasteiger partial charge in [0.2, 0.25) is 0 Å². The second-order valence-electron chi connectivity index (χ2n) is 3.46. The van der Waals surface area contributed by atoms with Crippen molar-refractivity contribution in [1.82, 2.24) is 5.32 Å². The van der Waals surface area contributed by atoms with Gasteiger partial charge in [0.05, 0.1) is 12.6 Å². The quantitative estimate of drug-likeness (QED) is 0.729. The van der Waals surface area contributed by atoms with Crippen molar-refractivity contribution in [3.05, 3.63) is 29.8 Å². The van der Waals surface area contributed by atoms with Gasteiger partial charge >= 0.3 is 0 Å². The van der Waals surface area contributed by atoms with Crippen LogP contribution >= 0.6 is 11.8 Å². The fourth-order valence-electron chi connectivity index (χ4n) is 1.44. The van der Waals surface area contributed by atoms with Gasteiger partial charge in [-0.1, -0.05) is 19.1 Å². The van der Waals surface area contributed by atoms with Crippen LogP contribution in [0.15, 0.2) is 29.2 Å². The minimum atomic E-state index is 0.0702. The van der Waals surface area contributed by atoms with Crippen LogP contribution in [0.5, 0.6) is 0 Å². The van der Waals surface area contributed by atoms with E-state index in [1.807, 2.05) is 0 Å². The smallest absolute Gasteiger partial charge is 0.0626 e. The molecule has 1 unspecified atom stereocenters. The first-order valence-electron chi connectivity index (χ1n) is 5.30. The molecule has 3 heteroatoms. The normalized spacial score (nSPS) is 12.7. The minimum absolute atomic E-state index is 0.0702. The molecule has 0 aliphatic heterocycles. The van der Waals surface area contributed by atoms with Gasteiger partial charge in [-0.2, -0.15) is 0 Å². The lowest BCUT2D eigenvalue weighted by Gasteiger charge is -2.16. The van der Waals surface area contributed by atoms with Crippen LogP contribution in [0, 0.1) is 0 Å². The van der Waals surface area contributed by atoms with E-state index in [1.165, 1.54) is 4.90 Å². The zero-order valence-electron chi connectivity index (χ0n) is 9.36. The Morgan fingerprint density at radius 2 is 2.00 bits per heavy atom. The third kappa shape index (κ3) is 3.86. The summed E-state index contributed by atoms with van der Waals surface area (Å²) < 4.78 is 0. The molecule has 15 heavy (non-hydrogen) atoms. The van der Waals surface area contributed by atoms with Crippen molar-refractivity contribution in [2.75, 3.05) is 19.4 Å². The van der Waals surface area contributed by atoms with Crippen LogP contribution < -0.4 is 5.32 Å². The number of nitrogens with one attached hydrogen (secondary N) is 1. The molecule has 1 atom stereocenters. The predicted molar refractivity (Wildman–Crippen MR) is 66.3 cm³/mol. The average Bonchev–Trinajstić information content (AvgIpc) is 2.31. The van der Waals surface area contributed by atoms with Crippen LogP contribution in [0.3, 0.4) is 0 Å². The number of thioether (sulfide) groups is 1. The maximum Gasteiger partial charge on any atom is 0.0626 e. The van der Waals surface area contributed by atoms with E-state index in [4.69, 9.17) is 0 Å². The van der Waals surface area contributed by atoms with Gasteiger partial charge < -0.3 is 10.4 Å². The summed E-state index contributed by atoms with van der Waals surface area (Å²) in [5.74, 6) is 0. The molecule has 0 aromatic heterocycles. The van der Waals surface area contributed by atoms with Gasteiger partial charge in [-0.05, 0) is 36.9 Å². The van der Waals surface area contributed by atoms with Crippen molar-refractivity contribution < 1.29 is 5.11 Å². The third-order valence-corrected chi connectivity index (χ3v) is 3.09. The molecule has 2 N–H and O–H groups in total. The topological polar surface area (TPSA) is 32.3 Å². The minimum Gasteiger partial charge on any atom is -0.394 e. The molecule has 0 amide bonds. The average molecular weight is 225 g/mol.